The van der Waals surface area contributed by atoms with Crippen LogP contribution in [0, 0.1) is 5.82 Å². The summed E-state index contributed by atoms with van der Waals surface area (Å²) < 4.78 is 45.6. The number of benzene rings is 1. The van der Waals surface area contributed by atoms with E-state index in [-0.39, 0.29) is 12.4 Å². The van der Waals surface area contributed by atoms with E-state index in [1.165, 1.54) is 27.8 Å². The molecule has 0 bridgehead atoms. The maximum Gasteiger partial charge on any atom is 0.244 e. The third-order valence-corrected chi connectivity index (χ3v) is 6.70. The molecule has 0 unspecified atom stereocenters. The lowest BCUT2D eigenvalue weighted by atomic mass is 10.0. The summed E-state index contributed by atoms with van der Waals surface area (Å²) in [6.45, 7) is 0.506. The number of nitrogens with zero attached hydrogens (tertiary/aromatic N) is 2. The second-order valence-corrected chi connectivity index (χ2v) is 8.21. The summed E-state index contributed by atoms with van der Waals surface area (Å²) >= 11 is 1.34. The van der Waals surface area contributed by atoms with Gasteiger partial charge < -0.3 is 4.52 Å². The third kappa shape index (κ3) is 2.56. The van der Waals surface area contributed by atoms with E-state index in [4.69, 9.17) is 4.52 Å². The minimum absolute atomic E-state index is 0.170. The molecule has 2 aromatic heterocycles. The van der Waals surface area contributed by atoms with Gasteiger partial charge in [0, 0.05) is 36.0 Å². The van der Waals surface area contributed by atoms with E-state index in [1.54, 1.807) is 29.0 Å². The monoisotopic (exact) mass is 364 g/mol. The van der Waals surface area contributed by atoms with Crippen LogP contribution in [0.25, 0.3) is 11.3 Å². The van der Waals surface area contributed by atoms with Crippen molar-refractivity contribution in [3.05, 3.63) is 58.2 Å². The molecule has 1 aliphatic rings. The maximum atomic E-state index is 13.5. The predicted octanol–water partition coefficient (Wildman–Crippen LogP) is 3.29. The standard InChI is InChI=1S/C16H13FN2O3S2/c17-12-3-1-2-11(8-12)16-14-9-19(6-4-15(14)22-18-16)24(20,21)13-5-7-23-10-13/h1-3,5,7-8,10H,4,6,9H2. The molecule has 0 saturated carbocycles. The molecule has 24 heavy (non-hydrogen) atoms. The summed E-state index contributed by atoms with van der Waals surface area (Å²) in [5.74, 6) is 0.286. The topological polar surface area (TPSA) is 63.4 Å². The number of halogens is 1. The van der Waals surface area contributed by atoms with Crippen molar-refractivity contribution >= 4 is 21.4 Å². The van der Waals surface area contributed by atoms with Crippen molar-refractivity contribution in [2.75, 3.05) is 6.54 Å². The molecule has 124 valence electrons. The zero-order valence-corrected chi connectivity index (χ0v) is 14.1. The molecule has 3 heterocycles. The molecule has 0 spiro atoms. The number of sulfonamides is 1. The molecule has 0 fully saturated rings. The Morgan fingerprint density at radius 2 is 2.17 bits per heavy atom. The van der Waals surface area contributed by atoms with Crippen LogP contribution >= 0.6 is 11.3 Å². The maximum absolute atomic E-state index is 13.5. The van der Waals surface area contributed by atoms with E-state index < -0.39 is 10.0 Å². The number of thiophene rings is 1. The molecule has 1 aromatic carbocycles. The average Bonchev–Trinajstić information content (AvgIpc) is 3.24. The highest BCUT2D eigenvalue weighted by Crippen LogP contribution is 2.32. The van der Waals surface area contributed by atoms with Crippen molar-refractivity contribution in [3.8, 4) is 11.3 Å². The highest BCUT2D eigenvalue weighted by Gasteiger charge is 2.32. The molecule has 0 amide bonds. The zero-order chi connectivity index (χ0) is 16.7. The summed E-state index contributed by atoms with van der Waals surface area (Å²) in [6.07, 6.45) is 0.445. The minimum atomic E-state index is -3.55. The van der Waals surface area contributed by atoms with E-state index in [1.807, 2.05) is 0 Å². The van der Waals surface area contributed by atoms with Crippen molar-refractivity contribution < 1.29 is 17.3 Å². The lowest BCUT2D eigenvalue weighted by Gasteiger charge is -2.25. The Morgan fingerprint density at radius 3 is 2.92 bits per heavy atom. The van der Waals surface area contributed by atoms with Gasteiger partial charge in [0.25, 0.3) is 0 Å². The number of aromatic nitrogens is 1. The summed E-state index contributed by atoms with van der Waals surface area (Å²) in [4.78, 5) is 0.291. The van der Waals surface area contributed by atoms with Crippen molar-refractivity contribution in [3.63, 3.8) is 0 Å². The van der Waals surface area contributed by atoms with Gasteiger partial charge in [-0.1, -0.05) is 17.3 Å². The highest BCUT2D eigenvalue weighted by atomic mass is 32.2. The van der Waals surface area contributed by atoms with Gasteiger partial charge in [-0.25, -0.2) is 12.8 Å². The summed E-state index contributed by atoms with van der Waals surface area (Å²) in [5, 5.41) is 7.38. The van der Waals surface area contributed by atoms with Crippen LogP contribution in [-0.4, -0.2) is 24.4 Å². The van der Waals surface area contributed by atoms with Crippen LogP contribution in [-0.2, 0) is 23.0 Å². The second-order valence-electron chi connectivity index (χ2n) is 5.49. The molecule has 0 radical (unpaired) electrons. The number of rotatable bonds is 3. The highest BCUT2D eigenvalue weighted by molar-refractivity contribution is 7.89. The summed E-state index contributed by atoms with van der Waals surface area (Å²) in [7, 11) is -3.55. The first-order valence-electron chi connectivity index (χ1n) is 7.31. The Kier molecular flexibility index (Phi) is 3.75. The van der Waals surface area contributed by atoms with Crippen LogP contribution in [0.15, 0.2) is 50.5 Å². The smallest absolute Gasteiger partial charge is 0.244 e. The van der Waals surface area contributed by atoms with Gasteiger partial charge in [0.2, 0.25) is 10.0 Å². The Bertz CT molecular complexity index is 981. The van der Waals surface area contributed by atoms with Gasteiger partial charge in [0.1, 0.15) is 17.3 Å². The lowest BCUT2D eigenvalue weighted by molar-refractivity contribution is 0.331. The largest absolute Gasteiger partial charge is 0.360 e. The fourth-order valence-electron chi connectivity index (χ4n) is 2.80. The molecule has 3 aromatic rings. The van der Waals surface area contributed by atoms with Crippen LogP contribution in [0.4, 0.5) is 4.39 Å². The first kappa shape index (κ1) is 15.5. The molecule has 0 saturated heterocycles. The van der Waals surface area contributed by atoms with Crippen LogP contribution < -0.4 is 0 Å². The van der Waals surface area contributed by atoms with Crippen LogP contribution in [0.1, 0.15) is 11.3 Å². The second kappa shape index (κ2) is 5.80. The van der Waals surface area contributed by atoms with E-state index in [9.17, 15) is 12.8 Å². The Hall–Kier alpha value is -2.03. The van der Waals surface area contributed by atoms with Gasteiger partial charge in [-0.3, -0.25) is 0 Å². The van der Waals surface area contributed by atoms with E-state index in [2.05, 4.69) is 5.16 Å². The first-order valence-corrected chi connectivity index (χ1v) is 9.70. The van der Waals surface area contributed by atoms with Crippen molar-refractivity contribution in [1.82, 2.24) is 9.46 Å². The quantitative estimate of drug-likeness (QED) is 0.715. The molecule has 0 N–H and O–H groups in total. The Balaban J connectivity index is 1.72. The van der Waals surface area contributed by atoms with Gasteiger partial charge in [-0.15, -0.1) is 0 Å². The van der Waals surface area contributed by atoms with Crippen molar-refractivity contribution in [2.24, 2.45) is 0 Å². The fourth-order valence-corrected chi connectivity index (χ4v) is 5.22. The molecule has 8 heteroatoms. The average molecular weight is 364 g/mol. The number of hydrogen-bond acceptors (Lipinski definition) is 5. The predicted molar refractivity (Wildman–Crippen MR) is 87.5 cm³/mol. The number of hydrogen-bond donors (Lipinski definition) is 0. The molecule has 0 aliphatic carbocycles. The molecular formula is C16H13FN2O3S2. The lowest BCUT2D eigenvalue weighted by Crippen LogP contribution is -2.35. The fraction of sp³-hybridized carbons (Fsp3) is 0.188. The molecule has 1 aliphatic heterocycles. The van der Waals surface area contributed by atoms with Gasteiger partial charge in [-0.2, -0.15) is 15.6 Å². The Morgan fingerprint density at radius 1 is 1.29 bits per heavy atom. The SMILES string of the molecule is O=S(=O)(c1ccsc1)N1CCc2onc(-c3cccc(F)c3)c2C1. The van der Waals surface area contributed by atoms with Gasteiger partial charge in [0.05, 0.1) is 4.90 Å². The van der Waals surface area contributed by atoms with E-state index in [0.29, 0.717) is 40.4 Å². The zero-order valence-electron chi connectivity index (χ0n) is 12.5. The van der Waals surface area contributed by atoms with Crippen LogP contribution in [0.2, 0.25) is 0 Å². The molecule has 4 rings (SSSR count). The van der Waals surface area contributed by atoms with Gasteiger partial charge in [-0.05, 0) is 23.6 Å². The Labute approximate surface area is 142 Å². The molecular weight excluding hydrogens is 351 g/mol. The van der Waals surface area contributed by atoms with E-state index >= 15 is 0 Å². The molecule has 5 nitrogen and oxygen atoms in total. The van der Waals surface area contributed by atoms with Crippen LogP contribution in [0.3, 0.4) is 0 Å². The summed E-state index contributed by atoms with van der Waals surface area (Å²) in [5.41, 5.74) is 1.77. The summed E-state index contributed by atoms with van der Waals surface area (Å²) in [6, 6.07) is 7.63. The van der Waals surface area contributed by atoms with Crippen molar-refractivity contribution in [1.29, 1.82) is 0 Å². The van der Waals surface area contributed by atoms with Crippen molar-refractivity contribution in [2.45, 2.75) is 17.9 Å². The third-order valence-electron chi connectivity index (χ3n) is 4.02. The van der Waals surface area contributed by atoms with E-state index in [0.717, 1.165) is 0 Å². The van der Waals surface area contributed by atoms with Crippen LogP contribution in [0.5, 0.6) is 0 Å². The van der Waals surface area contributed by atoms with Gasteiger partial charge >= 0.3 is 0 Å². The number of fused-ring (bicyclic) bond motifs is 1. The first-order chi connectivity index (χ1) is 11.6. The normalized spacial score (nSPS) is 15.4. The minimum Gasteiger partial charge on any atom is -0.360 e. The molecule has 0 atom stereocenters. The van der Waals surface area contributed by atoms with Gasteiger partial charge in [0.15, 0.2) is 0 Å².